The number of halogens is 3. The van der Waals surface area contributed by atoms with Crippen molar-refractivity contribution >= 4 is 22.3 Å². The van der Waals surface area contributed by atoms with E-state index in [-0.39, 0.29) is 0 Å². The summed E-state index contributed by atoms with van der Waals surface area (Å²) < 4.78 is 38.3. The first-order valence-electron chi connectivity index (χ1n) is 6.74. The number of hydrogen-bond donors (Lipinski definition) is 1. The van der Waals surface area contributed by atoms with Gasteiger partial charge in [0.1, 0.15) is 0 Å². The molecule has 0 aliphatic rings. The number of nitrogens with one attached hydrogen (secondary N) is 1. The summed E-state index contributed by atoms with van der Waals surface area (Å²) in [6.07, 6.45) is -2.71. The lowest BCUT2D eigenvalue weighted by Gasteiger charge is -2.12. The fraction of sp³-hybridized carbons (Fsp3) is 0.118. The van der Waals surface area contributed by atoms with Crippen molar-refractivity contribution < 1.29 is 13.2 Å². The smallest absolute Gasteiger partial charge is 0.355 e. The first-order chi connectivity index (χ1) is 10.4. The van der Waals surface area contributed by atoms with Gasteiger partial charge in [-0.1, -0.05) is 24.3 Å². The summed E-state index contributed by atoms with van der Waals surface area (Å²) >= 11 is 0. The van der Waals surface area contributed by atoms with Crippen LogP contribution in [0.15, 0.2) is 54.7 Å². The Labute approximate surface area is 125 Å². The lowest BCUT2D eigenvalue weighted by Crippen LogP contribution is -2.05. The number of aromatic nitrogens is 1. The normalized spacial score (nSPS) is 11.6. The molecule has 0 fully saturated rings. The number of benzene rings is 2. The molecular formula is C17H13F3N2. The third kappa shape index (κ3) is 2.74. The standard InChI is InChI=1S/C17H13F3N2/c1-11-4-2-7-14-15(8-9-21-16(11)14)22-13-6-3-5-12(10-13)17(18,19)20/h2-10H,1H3,(H,21,22). The van der Waals surface area contributed by atoms with Gasteiger partial charge >= 0.3 is 6.18 Å². The van der Waals surface area contributed by atoms with Crippen LogP contribution in [0.1, 0.15) is 11.1 Å². The highest BCUT2D eigenvalue weighted by molar-refractivity contribution is 5.94. The summed E-state index contributed by atoms with van der Waals surface area (Å²) in [5, 5.41) is 3.92. The number of fused-ring (bicyclic) bond motifs is 1. The number of rotatable bonds is 2. The van der Waals surface area contributed by atoms with E-state index in [0.717, 1.165) is 34.3 Å². The van der Waals surface area contributed by atoms with Crippen LogP contribution in [0.4, 0.5) is 24.5 Å². The Morgan fingerprint density at radius 2 is 1.77 bits per heavy atom. The molecule has 1 heterocycles. The topological polar surface area (TPSA) is 24.9 Å². The van der Waals surface area contributed by atoms with E-state index in [1.165, 1.54) is 6.07 Å². The second kappa shape index (κ2) is 5.33. The van der Waals surface area contributed by atoms with Crippen molar-refractivity contribution in [1.82, 2.24) is 4.98 Å². The zero-order valence-corrected chi connectivity index (χ0v) is 11.8. The molecule has 5 heteroatoms. The van der Waals surface area contributed by atoms with Crippen LogP contribution in [0.25, 0.3) is 10.9 Å². The minimum Gasteiger partial charge on any atom is -0.355 e. The van der Waals surface area contributed by atoms with Crippen LogP contribution in [-0.2, 0) is 6.18 Å². The summed E-state index contributed by atoms with van der Waals surface area (Å²) in [7, 11) is 0. The minimum atomic E-state index is -4.35. The predicted molar refractivity (Wildman–Crippen MR) is 81.2 cm³/mol. The second-order valence-corrected chi connectivity index (χ2v) is 5.03. The number of para-hydroxylation sites is 1. The number of aryl methyl sites for hydroxylation is 1. The van der Waals surface area contributed by atoms with Gasteiger partial charge in [0.05, 0.1) is 11.1 Å². The fourth-order valence-electron chi connectivity index (χ4n) is 2.36. The van der Waals surface area contributed by atoms with Gasteiger partial charge in [-0.2, -0.15) is 13.2 Å². The summed E-state index contributed by atoms with van der Waals surface area (Å²) in [6.45, 7) is 1.95. The number of hydrogen-bond acceptors (Lipinski definition) is 2. The molecule has 0 spiro atoms. The molecule has 0 unspecified atom stereocenters. The molecule has 0 aliphatic heterocycles. The van der Waals surface area contributed by atoms with Gasteiger partial charge in [-0.15, -0.1) is 0 Å². The molecule has 0 aliphatic carbocycles. The molecule has 3 aromatic rings. The van der Waals surface area contributed by atoms with Crippen LogP contribution in [0.5, 0.6) is 0 Å². The number of alkyl halides is 3. The van der Waals surface area contributed by atoms with Crippen molar-refractivity contribution in [3.63, 3.8) is 0 Å². The van der Waals surface area contributed by atoms with Crippen molar-refractivity contribution in [2.75, 3.05) is 5.32 Å². The van der Waals surface area contributed by atoms with Gasteiger partial charge in [-0.3, -0.25) is 4.98 Å². The van der Waals surface area contributed by atoms with Crippen LogP contribution in [0, 0.1) is 6.92 Å². The maximum Gasteiger partial charge on any atom is 0.416 e. The lowest BCUT2D eigenvalue weighted by atomic mass is 10.1. The minimum absolute atomic E-state index is 0.392. The first-order valence-corrected chi connectivity index (χ1v) is 6.74. The highest BCUT2D eigenvalue weighted by Crippen LogP contribution is 2.32. The van der Waals surface area contributed by atoms with Gasteiger partial charge in [-0.05, 0) is 36.8 Å². The van der Waals surface area contributed by atoms with E-state index in [1.807, 2.05) is 25.1 Å². The van der Waals surface area contributed by atoms with Crippen molar-refractivity contribution in [3.05, 3.63) is 65.9 Å². The molecule has 0 bridgehead atoms. The largest absolute Gasteiger partial charge is 0.416 e. The number of anilines is 2. The van der Waals surface area contributed by atoms with E-state index in [1.54, 1.807) is 18.3 Å². The molecule has 2 aromatic carbocycles. The van der Waals surface area contributed by atoms with Crippen LogP contribution in [-0.4, -0.2) is 4.98 Å². The van der Waals surface area contributed by atoms with Crippen LogP contribution >= 0.6 is 0 Å². The molecule has 0 amide bonds. The van der Waals surface area contributed by atoms with Gasteiger partial charge in [0.2, 0.25) is 0 Å². The highest BCUT2D eigenvalue weighted by atomic mass is 19.4. The van der Waals surface area contributed by atoms with Crippen LogP contribution in [0.2, 0.25) is 0 Å². The quantitative estimate of drug-likeness (QED) is 0.694. The summed E-state index contributed by atoms with van der Waals surface area (Å²) in [5.74, 6) is 0. The average molecular weight is 302 g/mol. The Morgan fingerprint density at radius 3 is 2.55 bits per heavy atom. The zero-order valence-electron chi connectivity index (χ0n) is 11.8. The van der Waals surface area contributed by atoms with E-state index < -0.39 is 11.7 Å². The van der Waals surface area contributed by atoms with E-state index in [2.05, 4.69) is 10.3 Å². The molecule has 1 N–H and O–H groups in total. The van der Waals surface area contributed by atoms with Gasteiger partial charge in [0.15, 0.2) is 0 Å². The Hall–Kier alpha value is -2.56. The number of pyridine rings is 1. The zero-order chi connectivity index (χ0) is 15.7. The molecule has 3 rings (SSSR count). The Bertz CT molecular complexity index is 825. The Balaban J connectivity index is 2.02. The van der Waals surface area contributed by atoms with Gasteiger partial charge in [0.25, 0.3) is 0 Å². The predicted octanol–water partition coefficient (Wildman–Crippen LogP) is 5.31. The highest BCUT2D eigenvalue weighted by Gasteiger charge is 2.30. The van der Waals surface area contributed by atoms with E-state index in [4.69, 9.17) is 0 Å². The van der Waals surface area contributed by atoms with Crippen LogP contribution < -0.4 is 5.32 Å². The Kier molecular flexibility index (Phi) is 3.48. The summed E-state index contributed by atoms with van der Waals surface area (Å²) in [5.41, 5.74) is 2.30. The molecule has 0 radical (unpaired) electrons. The van der Waals surface area contributed by atoms with Crippen LogP contribution in [0.3, 0.4) is 0 Å². The Morgan fingerprint density at radius 1 is 1.00 bits per heavy atom. The molecule has 0 atom stereocenters. The van der Waals surface area contributed by atoms with Crippen molar-refractivity contribution in [1.29, 1.82) is 0 Å². The molecule has 2 nitrogen and oxygen atoms in total. The van der Waals surface area contributed by atoms with Gasteiger partial charge in [0, 0.05) is 23.0 Å². The molecule has 22 heavy (non-hydrogen) atoms. The maximum absolute atomic E-state index is 12.8. The van der Waals surface area contributed by atoms with E-state index in [9.17, 15) is 13.2 Å². The molecular weight excluding hydrogens is 289 g/mol. The van der Waals surface area contributed by atoms with Crippen molar-refractivity contribution in [2.45, 2.75) is 13.1 Å². The molecule has 112 valence electrons. The third-order valence-electron chi connectivity index (χ3n) is 3.44. The monoisotopic (exact) mass is 302 g/mol. The SMILES string of the molecule is Cc1cccc2c(Nc3cccc(C(F)(F)F)c3)ccnc12. The summed E-state index contributed by atoms with van der Waals surface area (Å²) in [4.78, 5) is 4.32. The van der Waals surface area contributed by atoms with E-state index >= 15 is 0 Å². The molecule has 0 saturated carbocycles. The molecule has 1 aromatic heterocycles. The average Bonchev–Trinajstić information content (AvgIpc) is 2.48. The second-order valence-electron chi connectivity index (χ2n) is 5.03. The van der Waals surface area contributed by atoms with Crippen molar-refractivity contribution in [2.24, 2.45) is 0 Å². The lowest BCUT2D eigenvalue weighted by molar-refractivity contribution is -0.137. The van der Waals surface area contributed by atoms with Gasteiger partial charge < -0.3 is 5.32 Å². The third-order valence-corrected chi connectivity index (χ3v) is 3.44. The number of nitrogens with zero attached hydrogens (tertiary/aromatic N) is 1. The van der Waals surface area contributed by atoms with Gasteiger partial charge in [-0.25, -0.2) is 0 Å². The van der Waals surface area contributed by atoms with Crippen molar-refractivity contribution in [3.8, 4) is 0 Å². The maximum atomic E-state index is 12.8. The summed E-state index contributed by atoms with van der Waals surface area (Å²) in [6, 6.07) is 12.6. The molecule has 0 saturated heterocycles. The first kappa shape index (κ1) is 14.4. The fourth-order valence-corrected chi connectivity index (χ4v) is 2.36. The van der Waals surface area contributed by atoms with E-state index in [0.29, 0.717) is 5.69 Å².